The molecule has 4 rings (SSSR count). The van der Waals surface area contributed by atoms with Gasteiger partial charge in [0.1, 0.15) is 6.61 Å². The van der Waals surface area contributed by atoms with E-state index < -0.39 is 0 Å². The lowest BCUT2D eigenvalue weighted by atomic mass is 10.1. The van der Waals surface area contributed by atoms with Gasteiger partial charge in [-0.1, -0.05) is 58.2 Å². The van der Waals surface area contributed by atoms with Gasteiger partial charge in [0, 0.05) is 22.2 Å². The maximum atomic E-state index is 6.01. The third kappa shape index (κ3) is 3.96. The lowest BCUT2D eigenvalue weighted by Gasteiger charge is -2.03. The molecule has 8 heteroatoms. The molecule has 0 atom stereocenters. The van der Waals surface area contributed by atoms with Crippen LogP contribution in [0, 0.1) is 0 Å². The maximum Gasteiger partial charge on any atom is 0.194 e. The van der Waals surface area contributed by atoms with Gasteiger partial charge in [0.15, 0.2) is 4.96 Å². The van der Waals surface area contributed by atoms with E-state index in [1.807, 2.05) is 46.3 Å². The van der Waals surface area contributed by atoms with E-state index in [0.717, 1.165) is 27.5 Å². The van der Waals surface area contributed by atoms with Crippen molar-refractivity contribution in [3.8, 4) is 11.3 Å². The summed E-state index contributed by atoms with van der Waals surface area (Å²) in [6.07, 6.45) is 3.61. The van der Waals surface area contributed by atoms with Crippen molar-refractivity contribution in [1.29, 1.82) is 0 Å². The molecule has 0 spiro atoms. The van der Waals surface area contributed by atoms with Crippen molar-refractivity contribution >= 4 is 57.3 Å². The van der Waals surface area contributed by atoms with Crippen LogP contribution >= 0.6 is 46.1 Å². The standard InChI is InChI=1S/C19H12Cl3N3OS/c20-14-4-2-13(3-5-14)18-17(25-7-8-27-19(25)24-18)10-23-26-11-12-1-6-15(21)16(22)9-12/h1-10H,11H2/b23-10+. The summed E-state index contributed by atoms with van der Waals surface area (Å²) >= 11 is 19.5. The molecular weight excluding hydrogens is 425 g/mol. The van der Waals surface area contributed by atoms with Crippen LogP contribution < -0.4 is 0 Å². The zero-order chi connectivity index (χ0) is 18.8. The molecule has 0 aliphatic heterocycles. The van der Waals surface area contributed by atoms with Crippen LogP contribution in [0.25, 0.3) is 16.2 Å². The monoisotopic (exact) mass is 435 g/mol. The highest BCUT2D eigenvalue weighted by atomic mass is 35.5. The summed E-state index contributed by atoms with van der Waals surface area (Å²) in [5, 5.41) is 7.76. The Kier molecular flexibility index (Phi) is 5.36. The van der Waals surface area contributed by atoms with E-state index in [9.17, 15) is 0 Å². The largest absolute Gasteiger partial charge is 0.391 e. The number of aromatic nitrogens is 2. The van der Waals surface area contributed by atoms with Gasteiger partial charge in [0.25, 0.3) is 0 Å². The fourth-order valence-electron chi connectivity index (χ4n) is 2.58. The normalized spacial score (nSPS) is 11.5. The van der Waals surface area contributed by atoms with Crippen LogP contribution in [-0.2, 0) is 11.4 Å². The smallest absolute Gasteiger partial charge is 0.194 e. The predicted octanol–water partition coefficient (Wildman–Crippen LogP) is 6.57. The van der Waals surface area contributed by atoms with E-state index >= 15 is 0 Å². The molecule has 0 saturated carbocycles. The molecule has 0 N–H and O–H groups in total. The first-order valence-corrected chi connectivity index (χ1v) is 9.94. The molecule has 0 aliphatic rings. The van der Waals surface area contributed by atoms with E-state index in [0.29, 0.717) is 15.1 Å². The number of rotatable bonds is 5. The first-order chi connectivity index (χ1) is 13.1. The molecule has 2 aromatic carbocycles. The second kappa shape index (κ2) is 7.90. The van der Waals surface area contributed by atoms with Crippen LogP contribution in [0.4, 0.5) is 0 Å². The minimum absolute atomic E-state index is 0.287. The van der Waals surface area contributed by atoms with Gasteiger partial charge in [0.05, 0.1) is 27.6 Å². The molecule has 0 bridgehead atoms. The highest BCUT2D eigenvalue weighted by Gasteiger charge is 2.13. The van der Waals surface area contributed by atoms with E-state index in [4.69, 9.17) is 44.6 Å². The number of imidazole rings is 1. The second-order valence-corrected chi connectivity index (χ2v) is 7.79. The van der Waals surface area contributed by atoms with Crippen LogP contribution in [0.15, 0.2) is 59.2 Å². The van der Waals surface area contributed by atoms with Gasteiger partial charge >= 0.3 is 0 Å². The highest BCUT2D eigenvalue weighted by molar-refractivity contribution is 7.15. The van der Waals surface area contributed by atoms with Crippen molar-refractivity contribution in [2.24, 2.45) is 5.16 Å². The van der Waals surface area contributed by atoms with Gasteiger partial charge in [-0.2, -0.15) is 0 Å². The molecule has 0 radical (unpaired) electrons. The summed E-state index contributed by atoms with van der Waals surface area (Å²) in [6.45, 7) is 0.287. The average molecular weight is 437 g/mol. The number of benzene rings is 2. The summed E-state index contributed by atoms with van der Waals surface area (Å²) in [5.41, 5.74) is 3.50. The number of thiazole rings is 1. The van der Waals surface area contributed by atoms with Crippen molar-refractivity contribution in [1.82, 2.24) is 9.38 Å². The molecule has 4 aromatic rings. The Labute approximate surface area is 174 Å². The average Bonchev–Trinajstić information content (AvgIpc) is 3.24. The van der Waals surface area contributed by atoms with Crippen LogP contribution in [0.2, 0.25) is 15.1 Å². The number of halogens is 3. The van der Waals surface area contributed by atoms with Crippen LogP contribution in [-0.4, -0.2) is 15.6 Å². The first kappa shape index (κ1) is 18.3. The number of nitrogens with zero attached hydrogens (tertiary/aromatic N) is 3. The molecule has 136 valence electrons. The summed E-state index contributed by atoms with van der Waals surface area (Å²) in [5.74, 6) is 0. The Bertz CT molecular complexity index is 1120. The Hall–Kier alpha value is -2.05. The predicted molar refractivity (Wildman–Crippen MR) is 112 cm³/mol. The Balaban J connectivity index is 1.58. The minimum Gasteiger partial charge on any atom is -0.391 e. The number of hydrogen-bond donors (Lipinski definition) is 0. The van der Waals surface area contributed by atoms with Crippen molar-refractivity contribution in [2.75, 3.05) is 0 Å². The molecule has 0 amide bonds. The number of hydrogen-bond acceptors (Lipinski definition) is 4. The van der Waals surface area contributed by atoms with Crippen LogP contribution in [0.1, 0.15) is 11.3 Å². The molecule has 0 aliphatic carbocycles. The molecular formula is C19H12Cl3N3OS. The summed E-state index contributed by atoms with van der Waals surface area (Å²) in [6, 6.07) is 12.9. The lowest BCUT2D eigenvalue weighted by Crippen LogP contribution is -1.93. The second-order valence-electron chi connectivity index (χ2n) is 5.66. The SMILES string of the molecule is Clc1ccc(-c2nc3sccn3c2/C=N/OCc2ccc(Cl)c(Cl)c2)cc1. The van der Waals surface area contributed by atoms with Crippen molar-refractivity contribution < 1.29 is 4.84 Å². The zero-order valence-corrected chi connectivity index (χ0v) is 16.9. The van der Waals surface area contributed by atoms with E-state index in [2.05, 4.69) is 5.16 Å². The van der Waals surface area contributed by atoms with Crippen molar-refractivity contribution in [3.05, 3.63) is 80.4 Å². The number of oxime groups is 1. The molecule has 2 aromatic heterocycles. The Morgan fingerprint density at radius 2 is 1.89 bits per heavy atom. The molecule has 27 heavy (non-hydrogen) atoms. The van der Waals surface area contributed by atoms with Gasteiger partial charge in [-0.05, 0) is 29.8 Å². The Morgan fingerprint density at radius 3 is 2.67 bits per heavy atom. The highest BCUT2D eigenvalue weighted by Crippen LogP contribution is 2.27. The van der Waals surface area contributed by atoms with Crippen molar-refractivity contribution in [2.45, 2.75) is 6.61 Å². The van der Waals surface area contributed by atoms with E-state index in [-0.39, 0.29) is 6.61 Å². The van der Waals surface area contributed by atoms with Gasteiger partial charge in [0.2, 0.25) is 0 Å². The minimum atomic E-state index is 0.287. The van der Waals surface area contributed by atoms with Gasteiger partial charge in [-0.15, -0.1) is 11.3 Å². The van der Waals surface area contributed by atoms with E-state index in [1.54, 1.807) is 29.7 Å². The third-order valence-electron chi connectivity index (χ3n) is 3.88. The fraction of sp³-hybridized carbons (Fsp3) is 0.0526. The molecule has 4 nitrogen and oxygen atoms in total. The topological polar surface area (TPSA) is 38.9 Å². The summed E-state index contributed by atoms with van der Waals surface area (Å²) in [4.78, 5) is 11.0. The maximum absolute atomic E-state index is 6.01. The lowest BCUT2D eigenvalue weighted by molar-refractivity contribution is 0.132. The van der Waals surface area contributed by atoms with Crippen LogP contribution in [0.3, 0.4) is 0 Å². The number of fused-ring (bicyclic) bond motifs is 1. The molecule has 0 fully saturated rings. The van der Waals surface area contributed by atoms with Gasteiger partial charge in [-0.3, -0.25) is 4.40 Å². The first-order valence-electron chi connectivity index (χ1n) is 7.92. The Morgan fingerprint density at radius 1 is 1.07 bits per heavy atom. The van der Waals surface area contributed by atoms with Gasteiger partial charge in [-0.25, -0.2) is 4.98 Å². The molecule has 2 heterocycles. The van der Waals surface area contributed by atoms with Crippen molar-refractivity contribution in [3.63, 3.8) is 0 Å². The summed E-state index contributed by atoms with van der Waals surface area (Å²) < 4.78 is 1.97. The molecule has 0 saturated heterocycles. The zero-order valence-electron chi connectivity index (χ0n) is 13.8. The van der Waals surface area contributed by atoms with Crippen LogP contribution in [0.5, 0.6) is 0 Å². The molecule has 0 unspecified atom stereocenters. The summed E-state index contributed by atoms with van der Waals surface area (Å²) in [7, 11) is 0. The van der Waals surface area contributed by atoms with E-state index in [1.165, 1.54) is 0 Å². The quantitative estimate of drug-likeness (QED) is 0.262. The fourth-order valence-corrected chi connectivity index (χ4v) is 3.74. The van der Waals surface area contributed by atoms with Gasteiger partial charge < -0.3 is 4.84 Å². The third-order valence-corrected chi connectivity index (χ3v) is 5.63.